The molecule has 0 spiro atoms. The van der Waals surface area contributed by atoms with Gasteiger partial charge in [-0.15, -0.1) is 22.7 Å². The number of aliphatic hydroxyl groups is 1. The minimum absolute atomic E-state index is 0.0659. The molecule has 0 aromatic carbocycles. The van der Waals surface area contributed by atoms with Gasteiger partial charge in [-0.25, -0.2) is 4.98 Å². The highest BCUT2D eigenvalue weighted by molar-refractivity contribution is 7.10. The Balaban J connectivity index is 1.96. The molecule has 0 saturated heterocycles. The van der Waals surface area contributed by atoms with Gasteiger partial charge >= 0.3 is 0 Å². The van der Waals surface area contributed by atoms with E-state index in [1.54, 1.807) is 22.7 Å². The second kappa shape index (κ2) is 5.51. The Morgan fingerprint density at radius 2 is 2.11 bits per heavy atom. The van der Waals surface area contributed by atoms with Crippen molar-refractivity contribution in [2.24, 2.45) is 0 Å². The maximum Gasteiger partial charge on any atom is 0.0983 e. The van der Waals surface area contributed by atoms with E-state index in [9.17, 15) is 5.11 Å². The standard InChI is InChI=1S/C14H19NOS2/c1-14(2,3)13-15-11(9-18-13)12(16)7-6-10-5-4-8-17-10/h4-5,8-9,12,16H,6-7H2,1-3H3. The van der Waals surface area contributed by atoms with Gasteiger partial charge in [0.25, 0.3) is 0 Å². The molecule has 2 aromatic heterocycles. The van der Waals surface area contributed by atoms with Gasteiger partial charge in [0.15, 0.2) is 0 Å². The molecular weight excluding hydrogens is 262 g/mol. The molecule has 1 unspecified atom stereocenters. The number of aryl methyl sites for hydroxylation is 1. The van der Waals surface area contributed by atoms with Crippen LogP contribution in [-0.4, -0.2) is 10.1 Å². The quantitative estimate of drug-likeness (QED) is 0.912. The smallest absolute Gasteiger partial charge is 0.0983 e. The van der Waals surface area contributed by atoms with Gasteiger partial charge in [-0.1, -0.05) is 26.8 Å². The van der Waals surface area contributed by atoms with E-state index in [-0.39, 0.29) is 5.41 Å². The number of rotatable bonds is 4. The molecule has 2 nitrogen and oxygen atoms in total. The van der Waals surface area contributed by atoms with E-state index < -0.39 is 6.10 Å². The molecule has 98 valence electrons. The van der Waals surface area contributed by atoms with Crippen molar-refractivity contribution in [3.05, 3.63) is 38.5 Å². The van der Waals surface area contributed by atoms with Crippen LogP contribution in [0.1, 0.15) is 48.9 Å². The van der Waals surface area contributed by atoms with Crippen molar-refractivity contribution in [1.29, 1.82) is 0 Å². The third-order valence-corrected chi connectivity index (χ3v) is 4.97. The molecule has 0 aliphatic rings. The predicted molar refractivity (Wildman–Crippen MR) is 78.4 cm³/mol. The second-order valence-corrected chi connectivity index (χ2v) is 7.35. The molecule has 0 aliphatic heterocycles. The third-order valence-electron chi connectivity index (χ3n) is 2.75. The molecule has 2 aromatic rings. The highest BCUT2D eigenvalue weighted by Crippen LogP contribution is 2.29. The molecule has 4 heteroatoms. The Morgan fingerprint density at radius 1 is 1.33 bits per heavy atom. The van der Waals surface area contributed by atoms with Gasteiger partial charge in [-0.05, 0) is 24.3 Å². The maximum atomic E-state index is 10.1. The molecule has 1 atom stereocenters. The molecule has 0 fully saturated rings. The van der Waals surface area contributed by atoms with Crippen LogP contribution in [0.15, 0.2) is 22.9 Å². The normalized spacial score (nSPS) is 13.8. The van der Waals surface area contributed by atoms with E-state index in [1.165, 1.54) is 4.88 Å². The molecule has 1 N–H and O–H groups in total. The van der Waals surface area contributed by atoms with Crippen LogP contribution in [-0.2, 0) is 11.8 Å². The van der Waals surface area contributed by atoms with Crippen molar-refractivity contribution < 1.29 is 5.11 Å². The SMILES string of the molecule is CC(C)(C)c1nc(C(O)CCc2cccs2)cs1. The first kappa shape index (κ1) is 13.7. The first-order valence-electron chi connectivity index (χ1n) is 6.13. The maximum absolute atomic E-state index is 10.1. The van der Waals surface area contributed by atoms with Gasteiger partial charge in [-0.2, -0.15) is 0 Å². The first-order valence-corrected chi connectivity index (χ1v) is 7.89. The van der Waals surface area contributed by atoms with E-state index in [1.807, 2.05) is 11.4 Å². The largest absolute Gasteiger partial charge is 0.387 e. The van der Waals surface area contributed by atoms with E-state index in [4.69, 9.17) is 0 Å². The van der Waals surface area contributed by atoms with Crippen molar-refractivity contribution >= 4 is 22.7 Å². The third kappa shape index (κ3) is 3.40. The summed E-state index contributed by atoms with van der Waals surface area (Å²) < 4.78 is 0. The summed E-state index contributed by atoms with van der Waals surface area (Å²) in [4.78, 5) is 5.87. The topological polar surface area (TPSA) is 33.1 Å². The fourth-order valence-corrected chi connectivity index (χ4v) is 3.34. The van der Waals surface area contributed by atoms with Gasteiger partial charge < -0.3 is 5.11 Å². The summed E-state index contributed by atoms with van der Waals surface area (Å²) in [5.74, 6) is 0. The van der Waals surface area contributed by atoms with Crippen LogP contribution >= 0.6 is 22.7 Å². The summed E-state index contributed by atoms with van der Waals surface area (Å²) in [6, 6.07) is 4.16. The highest BCUT2D eigenvalue weighted by Gasteiger charge is 2.20. The van der Waals surface area contributed by atoms with Crippen molar-refractivity contribution in [2.45, 2.75) is 45.1 Å². The molecular formula is C14H19NOS2. The fourth-order valence-electron chi connectivity index (χ4n) is 1.67. The van der Waals surface area contributed by atoms with E-state index >= 15 is 0 Å². The highest BCUT2D eigenvalue weighted by atomic mass is 32.1. The number of nitrogens with zero attached hydrogens (tertiary/aromatic N) is 1. The Hall–Kier alpha value is -0.710. The van der Waals surface area contributed by atoms with Gasteiger partial charge in [-0.3, -0.25) is 0 Å². The summed E-state index contributed by atoms with van der Waals surface area (Å²) in [5, 5.41) is 15.3. The van der Waals surface area contributed by atoms with E-state index in [0.29, 0.717) is 0 Å². The molecule has 0 aliphatic carbocycles. The van der Waals surface area contributed by atoms with Crippen molar-refractivity contribution in [2.75, 3.05) is 0 Å². The lowest BCUT2D eigenvalue weighted by Crippen LogP contribution is -2.11. The zero-order valence-corrected chi connectivity index (χ0v) is 12.6. The summed E-state index contributed by atoms with van der Waals surface area (Å²) in [6.07, 6.45) is 1.22. The number of hydrogen-bond donors (Lipinski definition) is 1. The average Bonchev–Trinajstić information content (AvgIpc) is 2.96. The van der Waals surface area contributed by atoms with Crippen LogP contribution in [0.3, 0.4) is 0 Å². The van der Waals surface area contributed by atoms with Gasteiger partial charge in [0, 0.05) is 15.7 Å². The van der Waals surface area contributed by atoms with Crippen LogP contribution in [0, 0.1) is 0 Å². The number of aliphatic hydroxyl groups excluding tert-OH is 1. The second-order valence-electron chi connectivity index (χ2n) is 5.46. The van der Waals surface area contributed by atoms with Crippen LogP contribution in [0.5, 0.6) is 0 Å². The lowest BCUT2D eigenvalue weighted by Gasteiger charge is -2.14. The Bertz CT molecular complexity index is 482. The molecule has 2 heterocycles. The molecule has 2 rings (SSSR count). The Morgan fingerprint density at radius 3 is 2.67 bits per heavy atom. The van der Waals surface area contributed by atoms with Crippen LogP contribution in [0.25, 0.3) is 0 Å². The minimum atomic E-state index is -0.445. The van der Waals surface area contributed by atoms with Crippen LogP contribution in [0.2, 0.25) is 0 Å². The van der Waals surface area contributed by atoms with Gasteiger partial charge in [0.2, 0.25) is 0 Å². The lowest BCUT2D eigenvalue weighted by molar-refractivity contribution is 0.163. The summed E-state index contributed by atoms with van der Waals surface area (Å²) in [7, 11) is 0. The Kier molecular flexibility index (Phi) is 4.20. The van der Waals surface area contributed by atoms with Gasteiger partial charge in [0.05, 0.1) is 16.8 Å². The summed E-state index contributed by atoms with van der Waals surface area (Å²) in [6.45, 7) is 6.44. The lowest BCUT2D eigenvalue weighted by atomic mass is 9.98. The summed E-state index contributed by atoms with van der Waals surface area (Å²) >= 11 is 3.38. The zero-order valence-electron chi connectivity index (χ0n) is 11.0. The molecule has 0 radical (unpaired) electrons. The van der Waals surface area contributed by atoms with E-state index in [0.717, 1.165) is 23.5 Å². The molecule has 0 bridgehead atoms. The molecule has 0 saturated carbocycles. The van der Waals surface area contributed by atoms with Crippen LogP contribution < -0.4 is 0 Å². The molecule has 0 amide bonds. The predicted octanol–water partition coefficient (Wildman–Crippen LogP) is 4.17. The zero-order chi connectivity index (χ0) is 13.2. The Labute approximate surface area is 116 Å². The van der Waals surface area contributed by atoms with Crippen molar-refractivity contribution in [3.63, 3.8) is 0 Å². The van der Waals surface area contributed by atoms with E-state index in [2.05, 4.69) is 37.2 Å². The average molecular weight is 281 g/mol. The van der Waals surface area contributed by atoms with Gasteiger partial charge in [0.1, 0.15) is 0 Å². The van der Waals surface area contributed by atoms with Crippen LogP contribution in [0.4, 0.5) is 0 Å². The number of aromatic nitrogens is 1. The molecule has 18 heavy (non-hydrogen) atoms. The first-order chi connectivity index (χ1) is 8.47. The minimum Gasteiger partial charge on any atom is -0.387 e. The monoisotopic (exact) mass is 281 g/mol. The number of thiazole rings is 1. The van der Waals surface area contributed by atoms with Crippen molar-refractivity contribution in [3.8, 4) is 0 Å². The number of thiophene rings is 1. The summed E-state index contributed by atoms with van der Waals surface area (Å²) in [5.41, 5.74) is 0.887. The van der Waals surface area contributed by atoms with Crippen molar-refractivity contribution in [1.82, 2.24) is 4.98 Å². The number of hydrogen-bond acceptors (Lipinski definition) is 4. The fraction of sp³-hybridized carbons (Fsp3) is 0.500.